The second kappa shape index (κ2) is 2.78. The lowest BCUT2D eigenvalue weighted by Gasteiger charge is -1.84. The maximum absolute atomic E-state index is 10.0. The van der Waals surface area contributed by atoms with Gasteiger partial charge in [0.1, 0.15) is 0 Å². The molecule has 0 saturated carbocycles. The van der Waals surface area contributed by atoms with Crippen molar-refractivity contribution >= 4 is 18.0 Å². The largest absolute Gasteiger partial charge is 0.358 e. The van der Waals surface area contributed by atoms with E-state index in [9.17, 15) is 14.9 Å². The van der Waals surface area contributed by atoms with Crippen molar-refractivity contribution in [3.05, 3.63) is 16.2 Å². The highest BCUT2D eigenvalue weighted by Gasteiger charge is 2.07. The number of nitrogens with one attached hydrogen (secondary N) is 2. The molecule has 11 heavy (non-hydrogen) atoms. The van der Waals surface area contributed by atoms with Crippen LogP contribution < -0.4 is 5.32 Å². The molecule has 0 atom stereocenters. The summed E-state index contributed by atoms with van der Waals surface area (Å²) in [4.78, 5) is 19.2. The molecule has 1 rings (SSSR count). The minimum atomic E-state index is -0.636. The summed E-state index contributed by atoms with van der Waals surface area (Å²) in [6, 6.07) is 1.12. The molecule has 1 heterocycles. The van der Waals surface area contributed by atoms with Crippen LogP contribution in [0.3, 0.4) is 0 Å². The highest BCUT2D eigenvalue weighted by Crippen LogP contribution is 2.10. The van der Waals surface area contributed by atoms with Crippen LogP contribution in [0, 0.1) is 10.1 Å². The summed E-state index contributed by atoms with van der Waals surface area (Å²) in [7, 11) is 0. The van der Waals surface area contributed by atoms with Crippen LogP contribution in [0.5, 0.6) is 0 Å². The SMILES string of the molecule is O=CNc1cc([N+](=O)[O-])[nH]n1. The molecule has 0 aliphatic heterocycles. The molecule has 58 valence electrons. The summed E-state index contributed by atoms with van der Waals surface area (Å²) in [6.07, 6.45) is 0.389. The number of anilines is 1. The zero-order chi connectivity index (χ0) is 8.27. The van der Waals surface area contributed by atoms with Crippen molar-refractivity contribution in [1.29, 1.82) is 0 Å². The summed E-state index contributed by atoms with van der Waals surface area (Å²) >= 11 is 0. The van der Waals surface area contributed by atoms with E-state index in [2.05, 4.69) is 15.5 Å². The third-order valence-electron chi connectivity index (χ3n) is 0.968. The molecule has 0 saturated heterocycles. The van der Waals surface area contributed by atoms with E-state index in [0.29, 0.717) is 6.41 Å². The van der Waals surface area contributed by atoms with E-state index in [1.807, 2.05) is 0 Å². The molecule has 0 aliphatic rings. The number of hydrogen-bond donors (Lipinski definition) is 2. The molecule has 1 amide bonds. The normalized spacial score (nSPS) is 9.09. The summed E-state index contributed by atoms with van der Waals surface area (Å²) in [6.45, 7) is 0. The van der Waals surface area contributed by atoms with E-state index in [1.54, 1.807) is 0 Å². The van der Waals surface area contributed by atoms with Crippen molar-refractivity contribution < 1.29 is 9.72 Å². The van der Waals surface area contributed by atoms with Crippen molar-refractivity contribution in [2.45, 2.75) is 0 Å². The van der Waals surface area contributed by atoms with Crippen LogP contribution in [0.4, 0.5) is 11.6 Å². The molecule has 1 aromatic rings. The topological polar surface area (TPSA) is 101 Å². The molecular weight excluding hydrogens is 152 g/mol. The van der Waals surface area contributed by atoms with Crippen LogP contribution in [0.15, 0.2) is 6.07 Å². The van der Waals surface area contributed by atoms with Crippen molar-refractivity contribution in [1.82, 2.24) is 10.2 Å². The van der Waals surface area contributed by atoms with Gasteiger partial charge in [0.2, 0.25) is 6.41 Å². The molecule has 2 N–H and O–H groups in total. The van der Waals surface area contributed by atoms with Crippen molar-refractivity contribution in [2.24, 2.45) is 0 Å². The Morgan fingerprint density at radius 1 is 1.82 bits per heavy atom. The fourth-order valence-corrected chi connectivity index (χ4v) is 0.539. The quantitative estimate of drug-likeness (QED) is 0.362. The Morgan fingerprint density at radius 2 is 2.55 bits per heavy atom. The van der Waals surface area contributed by atoms with Gasteiger partial charge in [-0.2, -0.15) is 0 Å². The van der Waals surface area contributed by atoms with Crippen molar-refractivity contribution in [3.63, 3.8) is 0 Å². The van der Waals surface area contributed by atoms with Gasteiger partial charge >= 0.3 is 5.82 Å². The predicted octanol–water partition coefficient (Wildman–Crippen LogP) is -0.114. The number of rotatable bonds is 3. The first kappa shape index (κ1) is 7.19. The summed E-state index contributed by atoms with van der Waals surface area (Å²) in [5.74, 6) is -0.124. The molecule has 1 aromatic heterocycles. The minimum absolute atomic E-state index is 0.131. The zero-order valence-corrected chi connectivity index (χ0v) is 5.27. The second-order valence-electron chi connectivity index (χ2n) is 1.66. The molecular formula is C4H4N4O3. The minimum Gasteiger partial charge on any atom is -0.358 e. The Morgan fingerprint density at radius 3 is 3.00 bits per heavy atom. The number of carbonyl (C=O) groups is 1. The molecule has 7 heteroatoms. The Balaban J connectivity index is 2.81. The third-order valence-corrected chi connectivity index (χ3v) is 0.968. The van der Waals surface area contributed by atoms with Crippen LogP contribution in [0.2, 0.25) is 0 Å². The van der Waals surface area contributed by atoms with E-state index < -0.39 is 4.92 Å². The molecule has 0 unspecified atom stereocenters. The fourth-order valence-electron chi connectivity index (χ4n) is 0.539. The number of nitro groups is 1. The molecule has 7 nitrogen and oxygen atoms in total. The van der Waals surface area contributed by atoms with Gasteiger partial charge in [-0.1, -0.05) is 5.10 Å². The van der Waals surface area contributed by atoms with Gasteiger partial charge in [-0.15, -0.1) is 5.10 Å². The van der Waals surface area contributed by atoms with Crippen LogP contribution in [0.25, 0.3) is 0 Å². The molecule has 0 aliphatic carbocycles. The average molecular weight is 156 g/mol. The smallest absolute Gasteiger partial charge is 0.344 e. The van der Waals surface area contributed by atoms with E-state index in [4.69, 9.17) is 0 Å². The first-order valence-corrected chi connectivity index (χ1v) is 2.64. The van der Waals surface area contributed by atoms with Gasteiger partial charge < -0.3 is 15.4 Å². The van der Waals surface area contributed by atoms with Crippen LogP contribution >= 0.6 is 0 Å². The van der Waals surface area contributed by atoms with Gasteiger partial charge in [-0.05, 0) is 4.92 Å². The van der Waals surface area contributed by atoms with E-state index >= 15 is 0 Å². The Bertz CT molecular complexity index is 281. The first-order chi connectivity index (χ1) is 5.24. The number of carbonyl (C=O) groups excluding carboxylic acids is 1. The number of H-pyrrole nitrogens is 1. The lowest BCUT2D eigenvalue weighted by atomic mass is 10.6. The molecule has 0 aromatic carbocycles. The standard InChI is InChI=1S/C4H4N4O3/c9-2-5-3-1-4(7-6-3)8(10)11/h1-2H,(H2,5,6,7,9). The lowest BCUT2D eigenvalue weighted by molar-refractivity contribution is -0.389. The van der Waals surface area contributed by atoms with Gasteiger partial charge in [0.25, 0.3) is 0 Å². The van der Waals surface area contributed by atoms with Crippen LogP contribution in [-0.4, -0.2) is 21.5 Å². The Hall–Kier alpha value is -1.92. The number of aromatic nitrogens is 2. The van der Waals surface area contributed by atoms with Crippen LogP contribution in [-0.2, 0) is 4.79 Å². The molecule has 0 radical (unpaired) electrons. The van der Waals surface area contributed by atoms with E-state index in [1.165, 1.54) is 0 Å². The third kappa shape index (κ3) is 1.51. The highest BCUT2D eigenvalue weighted by atomic mass is 16.6. The number of nitrogens with zero attached hydrogens (tertiary/aromatic N) is 2. The van der Waals surface area contributed by atoms with Gasteiger partial charge in [0, 0.05) is 0 Å². The predicted molar refractivity (Wildman–Crippen MR) is 34.9 cm³/mol. The number of amides is 1. The van der Waals surface area contributed by atoms with Gasteiger partial charge in [0.05, 0.1) is 6.07 Å². The zero-order valence-electron chi connectivity index (χ0n) is 5.27. The summed E-state index contributed by atoms with van der Waals surface area (Å²) in [5.41, 5.74) is 0. The van der Waals surface area contributed by atoms with Crippen LogP contribution in [0.1, 0.15) is 0 Å². The van der Waals surface area contributed by atoms with Crippen molar-refractivity contribution in [2.75, 3.05) is 5.32 Å². The number of hydrogen-bond acceptors (Lipinski definition) is 4. The Labute approximate surface area is 60.6 Å². The summed E-state index contributed by atoms with van der Waals surface area (Å²) < 4.78 is 0. The van der Waals surface area contributed by atoms with E-state index in [0.717, 1.165) is 6.07 Å². The van der Waals surface area contributed by atoms with Crippen molar-refractivity contribution in [3.8, 4) is 0 Å². The molecule has 0 fully saturated rings. The Kier molecular flexibility index (Phi) is 1.81. The van der Waals surface area contributed by atoms with Gasteiger partial charge in [0.15, 0.2) is 5.82 Å². The monoisotopic (exact) mass is 156 g/mol. The number of aromatic amines is 1. The second-order valence-corrected chi connectivity index (χ2v) is 1.66. The fraction of sp³-hybridized carbons (Fsp3) is 0. The maximum Gasteiger partial charge on any atom is 0.344 e. The highest BCUT2D eigenvalue weighted by molar-refractivity contribution is 5.69. The molecule has 0 bridgehead atoms. The molecule has 0 spiro atoms. The summed E-state index contributed by atoms with van der Waals surface area (Å²) in [5, 5.41) is 17.7. The maximum atomic E-state index is 10.0. The van der Waals surface area contributed by atoms with E-state index in [-0.39, 0.29) is 11.6 Å². The first-order valence-electron chi connectivity index (χ1n) is 2.64. The lowest BCUT2D eigenvalue weighted by Crippen LogP contribution is -1.92. The van der Waals surface area contributed by atoms with Gasteiger partial charge in [-0.25, -0.2) is 0 Å². The van der Waals surface area contributed by atoms with Gasteiger partial charge in [-0.3, -0.25) is 4.79 Å². The average Bonchev–Trinajstić information content (AvgIpc) is 2.37.